The van der Waals surface area contributed by atoms with Crippen molar-refractivity contribution in [2.24, 2.45) is 0 Å². The van der Waals surface area contributed by atoms with Crippen LogP contribution in [0.3, 0.4) is 0 Å². The molecule has 0 aliphatic rings. The van der Waals surface area contributed by atoms with Gasteiger partial charge in [-0.3, -0.25) is 9.59 Å². The highest BCUT2D eigenvalue weighted by Crippen LogP contribution is 2.27. The van der Waals surface area contributed by atoms with Crippen molar-refractivity contribution in [3.05, 3.63) is 4.88 Å². The minimum absolute atomic E-state index is 0.0588. The Labute approximate surface area is 128 Å². The second-order valence-corrected chi connectivity index (χ2v) is 5.39. The summed E-state index contributed by atoms with van der Waals surface area (Å²) in [5, 5.41) is 5.97. The zero-order valence-corrected chi connectivity index (χ0v) is 13.5. The molecule has 0 unspecified atom stereocenters. The van der Waals surface area contributed by atoms with E-state index in [9.17, 15) is 9.59 Å². The van der Waals surface area contributed by atoms with Crippen LogP contribution >= 0.6 is 11.3 Å². The zero-order chi connectivity index (χ0) is 15.8. The number of hydrogen-bond donors (Lipinski definition) is 3. The van der Waals surface area contributed by atoms with Gasteiger partial charge in [-0.25, -0.2) is 4.98 Å². The number of carbonyl (C=O) groups excluding carboxylic acids is 2. The maximum absolute atomic E-state index is 12.0. The molecule has 8 heteroatoms. The summed E-state index contributed by atoms with van der Waals surface area (Å²) in [7, 11) is 0. The van der Waals surface area contributed by atoms with Crippen molar-refractivity contribution in [3.8, 4) is 0 Å². The molecule has 0 aromatic carbocycles. The second-order valence-electron chi connectivity index (χ2n) is 4.42. The lowest BCUT2D eigenvalue weighted by Gasteiger charge is -2.16. The summed E-state index contributed by atoms with van der Waals surface area (Å²) in [5.41, 5.74) is 5.79. The topological polar surface area (TPSA) is 100 Å². The summed E-state index contributed by atoms with van der Waals surface area (Å²) in [6.07, 6.45) is 0.856. The molecule has 118 valence electrons. The number of nitrogens with two attached hydrogens (primary N) is 1. The van der Waals surface area contributed by atoms with Gasteiger partial charge in [-0.15, -0.1) is 0 Å². The van der Waals surface area contributed by atoms with Gasteiger partial charge in [-0.1, -0.05) is 18.3 Å². The van der Waals surface area contributed by atoms with Gasteiger partial charge in [0, 0.05) is 19.6 Å². The van der Waals surface area contributed by atoms with Crippen molar-refractivity contribution in [1.29, 1.82) is 0 Å². The number of anilines is 2. The van der Waals surface area contributed by atoms with E-state index in [2.05, 4.69) is 15.6 Å². The number of amides is 2. The smallest absolute Gasteiger partial charge is 0.265 e. The monoisotopic (exact) mass is 313 g/mol. The van der Waals surface area contributed by atoms with Crippen molar-refractivity contribution in [2.75, 3.05) is 36.8 Å². The zero-order valence-electron chi connectivity index (χ0n) is 12.7. The van der Waals surface area contributed by atoms with Gasteiger partial charge in [-0.2, -0.15) is 0 Å². The number of nitrogens with one attached hydrogen (secondary N) is 2. The van der Waals surface area contributed by atoms with Crippen LogP contribution in [0.15, 0.2) is 0 Å². The molecule has 0 spiro atoms. The largest absolute Gasteiger partial charge is 0.382 e. The van der Waals surface area contributed by atoms with Gasteiger partial charge < -0.3 is 21.3 Å². The normalized spacial score (nSPS) is 10.2. The number of thiazole rings is 1. The lowest BCUT2D eigenvalue weighted by Crippen LogP contribution is -2.37. The minimum Gasteiger partial charge on any atom is -0.382 e. The van der Waals surface area contributed by atoms with Gasteiger partial charge in [0.2, 0.25) is 5.91 Å². The van der Waals surface area contributed by atoms with E-state index in [1.165, 1.54) is 11.3 Å². The summed E-state index contributed by atoms with van der Waals surface area (Å²) in [5.74, 6) is -0.374. The SMILES string of the molecule is CCCNC(=O)CNC(=O)c1sc(N(CC)CC)nc1N. The minimum atomic E-state index is -0.366. The van der Waals surface area contributed by atoms with Crippen LogP contribution in [0.5, 0.6) is 0 Å². The highest BCUT2D eigenvalue weighted by Gasteiger charge is 2.18. The van der Waals surface area contributed by atoms with E-state index >= 15 is 0 Å². The molecule has 0 fully saturated rings. The van der Waals surface area contributed by atoms with Crippen molar-refractivity contribution in [1.82, 2.24) is 15.6 Å². The van der Waals surface area contributed by atoms with Crippen LogP contribution in [0, 0.1) is 0 Å². The Morgan fingerprint density at radius 2 is 1.90 bits per heavy atom. The molecule has 0 aliphatic heterocycles. The molecule has 0 aliphatic carbocycles. The first-order valence-electron chi connectivity index (χ1n) is 7.09. The molecule has 4 N–H and O–H groups in total. The van der Waals surface area contributed by atoms with E-state index in [0.717, 1.165) is 24.6 Å². The Morgan fingerprint density at radius 1 is 1.24 bits per heavy atom. The lowest BCUT2D eigenvalue weighted by atomic mass is 10.4. The average Bonchev–Trinajstić information content (AvgIpc) is 2.85. The number of aromatic nitrogens is 1. The van der Waals surface area contributed by atoms with Gasteiger partial charge in [0.15, 0.2) is 5.13 Å². The Morgan fingerprint density at radius 3 is 2.48 bits per heavy atom. The number of rotatable bonds is 8. The summed E-state index contributed by atoms with van der Waals surface area (Å²) < 4.78 is 0. The molecule has 2 amide bonds. The Balaban J connectivity index is 2.64. The fourth-order valence-corrected chi connectivity index (χ4v) is 2.71. The molecule has 1 rings (SSSR count). The van der Waals surface area contributed by atoms with Crippen molar-refractivity contribution in [2.45, 2.75) is 27.2 Å². The Hall–Kier alpha value is -1.83. The molecule has 0 bridgehead atoms. The third kappa shape index (κ3) is 4.89. The highest BCUT2D eigenvalue weighted by molar-refractivity contribution is 7.18. The molecule has 0 radical (unpaired) electrons. The summed E-state index contributed by atoms with van der Waals surface area (Å²) >= 11 is 1.24. The van der Waals surface area contributed by atoms with Gasteiger partial charge >= 0.3 is 0 Å². The number of hydrogen-bond acceptors (Lipinski definition) is 6. The van der Waals surface area contributed by atoms with E-state index < -0.39 is 0 Å². The fourth-order valence-electron chi connectivity index (χ4n) is 1.68. The lowest BCUT2D eigenvalue weighted by molar-refractivity contribution is -0.120. The van der Waals surface area contributed by atoms with Gasteiger partial charge in [-0.05, 0) is 20.3 Å². The highest BCUT2D eigenvalue weighted by atomic mass is 32.1. The quantitative estimate of drug-likeness (QED) is 0.660. The molecule has 0 saturated carbocycles. The third-order valence-corrected chi connectivity index (χ3v) is 3.99. The van der Waals surface area contributed by atoms with Crippen LogP contribution in [0.4, 0.5) is 10.9 Å². The van der Waals surface area contributed by atoms with E-state index in [4.69, 9.17) is 5.73 Å². The fraction of sp³-hybridized carbons (Fsp3) is 0.615. The van der Waals surface area contributed by atoms with Crippen molar-refractivity contribution >= 4 is 34.1 Å². The van der Waals surface area contributed by atoms with Gasteiger partial charge in [0.05, 0.1) is 6.54 Å². The van der Waals surface area contributed by atoms with E-state index in [1.54, 1.807) is 0 Å². The molecule has 0 saturated heterocycles. The van der Waals surface area contributed by atoms with Crippen molar-refractivity contribution in [3.63, 3.8) is 0 Å². The maximum Gasteiger partial charge on any atom is 0.265 e. The van der Waals surface area contributed by atoms with Crippen LogP contribution < -0.4 is 21.3 Å². The predicted molar refractivity (Wildman–Crippen MR) is 85.7 cm³/mol. The molecular weight excluding hydrogens is 290 g/mol. The average molecular weight is 313 g/mol. The Bertz CT molecular complexity index is 485. The Kier molecular flexibility index (Phi) is 6.93. The third-order valence-electron chi connectivity index (χ3n) is 2.86. The molecule has 1 heterocycles. The maximum atomic E-state index is 12.0. The van der Waals surface area contributed by atoms with Crippen LogP contribution in [0.25, 0.3) is 0 Å². The first-order valence-corrected chi connectivity index (χ1v) is 7.91. The van der Waals surface area contributed by atoms with Gasteiger partial charge in [0.1, 0.15) is 10.7 Å². The number of nitrogens with zero attached hydrogens (tertiary/aromatic N) is 2. The second kappa shape index (κ2) is 8.46. The molecule has 7 nitrogen and oxygen atoms in total. The molecular formula is C13H23N5O2S. The molecule has 21 heavy (non-hydrogen) atoms. The molecule has 1 aromatic heterocycles. The summed E-state index contributed by atoms with van der Waals surface area (Å²) in [6, 6.07) is 0. The standard InChI is InChI=1S/C13H23N5O2S/c1-4-7-15-9(19)8-16-12(20)10-11(14)17-13(21-10)18(5-2)6-3/h4-8,14H2,1-3H3,(H,15,19)(H,16,20). The summed E-state index contributed by atoms with van der Waals surface area (Å²) in [4.78, 5) is 30.1. The van der Waals surface area contributed by atoms with E-state index in [1.807, 2.05) is 25.7 Å². The first-order chi connectivity index (χ1) is 10.0. The van der Waals surface area contributed by atoms with Gasteiger partial charge in [0.25, 0.3) is 5.91 Å². The molecule has 1 aromatic rings. The predicted octanol–water partition coefficient (Wildman–Crippen LogP) is 0.827. The number of nitrogen functional groups attached to an aromatic ring is 1. The summed E-state index contributed by atoms with van der Waals surface area (Å²) in [6.45, 7) is 8.12. The van der Waals surface area contributed by atoms with Crippen LogP contribution in [-0.4, -0.2) is 43.0 Å². The van der Waals surface area contributed by atoms with E-state index in [0.29, 0.717) is 11.4 Å². The number of carbonyl (C=O) groups is 2. The van der Waals surface area contributed by atoms with Crippen LogP contribution in [0.2, 0.25) is 0 Å². The van der Waals surface area contributed by atoms with Crippen molar-refractivity contribution < 1.29 is 9.59 Å². The molecule has 0 atom stereocenters. The van der Waals surface area contributed by atoms with Crippen LogP contribution in [-0.2, 0) is 4.79 Å². The first kappa shape index (κ1) is 17.2. The van der Waals surface area contributed by atoms with E-state index in [-0.39, 0.29) is 24.2 Å². The van der Waals surface area contributed by atoms with Crippen LogP contribution in [0.1, 0.15) is 36.9 Å².